The second-order valence-electron chi connectivity index (χ2n) is 7.17. The number of benzene rings is 3. The molecular weight excluding hydrogens is 468 g/mol. The van der Waals surface area contributed by atoms with Crippen LogP contribution in [0, 0.1) is 0 Å². The van der Waals surface area contributed by atoms with Crippen molar-refractivity contribution in [2.45, 2.75) is 19.4 Å². The maximum Gasteiger partial charge on any atom is 0.268 e. The summed E-state index contributed by atoms with van der Waals surface area (Å²) in [6, 6.07) is 20.2. The number of anilines is 1. The molecule has 6 nitrogen and oxygen atoms in total. The van der Waals surface area contributed by atoms with E-state index < -0.39 is 5.60 Å². The lowest BCUT2D eigenvalue weighted by Gasteiger charge is -2.25. The van der Waals surface area contributed by atoms with Crippen molar-refractivity contribution in [3.05, 3.63) is 76.2 Å². The Bertz CT molecular complexity index is 1210. The monoisotopic (exact) mass is 484 g/mol. The first-order valence-corrected chi connectivity index (χ1v) is 10.4. The first-order valence-electron chi connectivity index (χ1n) is 9.20. The largest absolute Gasteiger partial charge is 0.478 e. The van der Waals surface area contributed by atoms with Crippen LogP contribution in [0.5, 0.6) is 5.75 Å². The summed E-state index contributed by atoms with van der Waals surface area (Å²) < 4.78 is 6.80. The summed E-state index contributed by atoms with van der Waals surface area (Å²) in [6.45, 7) is 3.39. The van der Waals surface area contributed by atoms with Crippen LogP contribution in [-0.2, 0) is 4.79 Å². The average molecular weight is 486 g/mol. The van der Waals surface area contributed by atoms with Crippen molar-refractivity contribution in [1.29, 1.82) is 0 Å². The number of ether oxygens (including phenoxy) is 1. The number of rotatable bonds is 5. The Morgan fingerprint density at radius 1 is 1.03 bits per heavy atom. The molecule has 1 N–H and O–H groups in total. The Morgan fingerprint density at radius 2 is 1.67 bits per heavy atom. The van der Waals surface area contributed by atoms with Gasteiger partial charge in [0.1, 0.15) is 16.8 Å². The van der Waals surface area contributed by atoms with Crippen LogP contribution < -0.4 is 10.1 Å². The van der Waals surface area contributed by atoms with Gasteiger partial charge in [-0.05, 0) is 62.4 Å². The molecule has 0 fully saturated rings. The molecule has 0 saturated heterocycles. The zero-order chi connectivity index (χ0) is 21.3. The number of hydrogen-bond acceptors (Lipinski definition) is 4. The first-order chi connectivity index (χ1) is 14.3. The summed E-state index contributed by atoms with van der Waals surface area (Å²) >= 11 is 9.77. The van der Waals surface area contributed by atoms with E-state index in [4.69, 9.17) is 16.3 Å². The van der Waals surface area contributed by atoms with E-state index >= 15 is 0 Å². The zero-order valence-corrected chi connectivity index (χ0v) is 18.6. The lowest BCUT2D eigenvalue weighted by molar-refractivity contribution is -0.128. The number of carbonyl (C=O) groups is 1. The number of carbonyl (C=O) groups excluding carboxylic acids is 1. The molecule has 3 aromatic carbocycles. The standard InChI is InChI=1S/C22H18BrClN4O2/c1-22(2,30-16-10-8-14(23)9-11-16)21(29)25-18-13-20-19(12-17(18)24)26-28(27-20)15-6-4-3-5-7-15/h3-13H,1-2H3,(H,25,29). The highest BCUT2D eigenvalue weighted by Gasteiger charge is 2.30. The Morgan fingerprint density at radius 3 is 2.33 bits per heavy atom. The number of hydrogen-bond donors (Lipinski definition) is 1. The molecule has 1 heterocycles. The Labute approximate surface area is 186 Å². The molecule has 1 aromatic heterocycles. The van der Waals surface area contributed by atoms with Gasteiger partial charge in [0.15, 0.2) is 5.60 Å². The molecule has 4 rings (SSSR count). The number of fused-ring (bicyclic) bond motifs is 1. The molecule has 0 saturated carbocycles. The van der Waals surface area contributed by atoms with Crippen molar-refractivity contribution in [1.82, 2.24) is 15.0 Å². The summed E-state index contributed by atoms with van der Waals surface area (Å²) in [5.41, 5.74) is 1.41. The quantitative estimate of drug-likeness (QED) is 0.398. The lowest BCUT2D eigenvalue weighted by Crippen LogP contribution is -2.42. The second kappa shape index (κ2) is 8.08. The molecule has 8 heteroatoms. The second-order valence-corrected chi connectivity index (χ2v) is 8.49. The SMILES string of the molecule is CC(C)(Oc1ccc(Br)cc1)C(=O)Nc1cc2nn(-c3ccccc3)nc2cc1Cl. The van der Waals surface area contributed by atoms with Crippen LogP contribution in [0.1, 0.15) is 13.8 Å². The zero-order valence-electron chi connectivity index (χ0n) is 16.3. The Kier molecular flexibility index (Phi) is 5.49. The minimum atomic E-state index is -1.12. The predicted octanol–water partition coefficient (Wildman–Crippen LogP) is 5.63. The van der Waals surface area contributed by atoms with Crippen molar-refractivity contribution in [3.8, 4) is 11.4 Å². The average Bonchev–Trinajstić information content (AvgIpc) is 3.13. The molecule has 0 radical (unpaired) electrons. The molecule has 0 aliphatic rings. The number of nitrogens with zero attached hydrogens (tertiary/aromatic N) is 3. The minimum absolute atomic E-state index is 0.331. The molecule has 4 aromatic rings. The van der Waals surface area contributed by atoms with Crippen LogP contribution in [0.25, 0.3) is 16.7 Å². The third-order valence-corrected chi connectivity index (χ3v) is 5.28. The summed E-state index contributed by atoms with van der Waals surface area (Å²) in [6.07, 6.45) is 0. The van der Waals surface area contributed by atoms with E-state index in [1.165, 1.54) is 4.80 Å². The first kappa shape index (κ1) is 20.4. The van der Waals surface area contributed by atoms with E-state index in [2.05, 4.69) is 31.4 Å². The topological polar surface area (TPSA) is 69.0 Å². The van der Waals surface area contributed by atoms with Gasteiger partial charge in [0, 0.05) is 4.47 Å². The fourth-order valence-corrected chi connectivity index (χ4v) is 3.30. The number of amides is 1. The molecule has 0 aliphatic heterocycles. The highest BCUT2D eigenvalue weighted by molar-refractivity contribution is 9.10. The molecule has 0 unspecified atom stereocenters. The predicted molar refractivity (Wildman–Crippen MR) is 121 cm³/mol. The maximum absolute atomic E-state index is 12.9. The molecule has 0 aliphatic carbocycles. The molecule has 152 valence electrons. The smallest absolute Gasteiger partial charge is 0.268 e. The fourth-order valence-electron chi connectivity index (χ4n) is 2.83. The van der Waals surface area contributed by atoms with Crippen LogP contribution in [-0.4, -0.2) is 26.5 Å². The number of aromatic nitrogens is 3. The van der Waals surface area contributed by atoms with Gasteiger partial charge in [-0.2, -0.15) is 4.80 Å². The summed E-state index contributed by atoms with van der Waals surface area (Å²) in [7, 11) is 0. The molecule has 1 amide bonds. The van der Waals surface area contributed by atoms with Crippen molar-refractivity contribution in [2.24, 2.45) is 0 Å². The third-order valence-electron chi connectivity index (χ3n) is 4.44. The number of para-hydroxylation sites is 1. The summed E-state index contributed by atoms with van der Waals surface area (Å²) in [4.78, 5) is 14.4. The molecule has 0 bridgehead atoms. The van der Waals surface area contributed by atoms with Gasteiger partial charge in [0.25, 0.3) is 5.91 Å². The van der Waals surface area contributed by atoms with Gasteiger partial charge in [-0.15, -0.1) is 10.2 Å². The van der Waals surface area contributed by atoms with Gasteiger partial charge < -0.3 is 10.1 Å². The minimum Gasteiger partial charge on any atom is -0.478 e. The van der Waals surface area contributed by atoms with Gasteiger partial charge >= 0.3 is 0 Å². The van der Waals surface area contributed by atoms with Gasteiger partial charge in [-0.25, -0.2) is 0 Å². The van der Waals surface area contributed by atoms with Crippen molar-refractivity contribution in [2.75, 3.05) is 5.32 Å². The molecular formula is C22H18BrClN4O2. The molecule has 30 heavy (non-hydrogen) atoms. The van der Waals surface area contributed by atoms with Crippen molar-refractivity contribution in [3.63, 3.8) is 0 Å². The highest BCUT2D eigenvalue weighted by Crippen LogP contribution is 2.29. The van der Waals surface area contributed by atoms with E-state index in [0.717, 1.165) is 10.2 Å². The number of nitrogens with one attached hydrogen (secondary N) is 1. The van der Waals surface area contributed by atoms with Crippen LogP contribution in [0.15, 0.2) is 71.2 Å². The van der Waals surface area contributed by atoms with E-state index in [1.54, 1.807) is 38.1 Å². The third kappa shape index (κ3) is 4.32. The normalized spacial score (nSPS) is 11.5. The van der Waals surface area contributed by atoms with E-state index in [9.17, 15) is 4.79 Å². The molecule has 0 atom stereocenters. The van der Waals surface area contributed by atoms with Crippen LogP contribution in [0.3, 0.4) is 0 Å². The van der Waals surface area contributed by atoms with Crippen molar-refractivity contribution < 1.29 is 9.53 Å². The summed E-state index contributed by atoms with van der Waals surface area (Å²) in [5, 5.41) is 12.2. The van der Waals surface area contributed by atoms with Crippen molar-refractivity contribution >= 4 is 50.2 Å². The van der Waals surface area contributed by atoms with Crippen LogP contribution in [0.2, 0.25) is 5.02 Å². The van der Waals surface area contributed by atoms with Gasteiger partial charge in [0.2, 0.25) is 0 Å². The Balaban J connectivity index is 1.57. The maximum atomic E-state index is 12.9. The van der Waals surface area contributed by atoms with Crippen LogP contribution >= 0.6 is 27.5 Å². The molecule has 0 spiro atoms. The van der Waals surface area contributed by atoms with E-state index in [0.29, 0.717) is 27.5 Å². The summed E-state index contributed by atoms with van der Waals surface area (Å²) in [5.74, 6) is 0.257. The van der Waals surface area contributed by atoms with E-state index in [1.807, 2.05) is 42.5 Å². The van der Waals surface area contributed by atoms with Gasteiger partial charge in [0.05, 0.1) is 16.4 Å². The fraction of sp³-hybridized carbons (Fsp3) is 0.136. The van der Waals surface area contributed by atoms with Crippen LogP contribution in [0.4, 0.5) is 5.69 Å². The number of halogens is 2. The lowest BCUT2D eigenvalue weighted by atomic mass is 10.1. The van der Waals surface area contributed by atoms with E-state index in [-0.39, 0.29) is 5.91 Å². The Hall–Kier alpha value is -2.90. The highest BCUT2D eigenvalue weighted by atomic mass is 79.9. The van der Waals surface area contributed by atoms with Gasteiger partial charge in [-0.1, -0.05) is 45.7 Å². The van der Waals surface area contributed by atoms with Gasteiger partial charge in [-0.3, -0.25) is 4.79 Å².